The largest absolute Gasteiger partial charge is 0.458 e. The molecular weight excluding hydrogens is 562 g/mol. The van der Waals surface area contributed by atoms with Gasteiger partial charge in [-0.05, 0) is 61.8 Å². The first-order chi connectivity index (χ1) is 19.9. The molecule has 11 heteroatoms. The van der Waals surface area contributed by atoms with E-state index < -0.39 is 6.03 Å². The molecule has 0 unspecified atom stereocenters. The second-order valence-corrected chi connectivity index (χ2v) is 10.8. The van der Waals surface area contributed by atoms with E-state index in [0.29, 0.717) is 50.1 Å². The number of rotatable bonds is 10. The minimum atomic E-state index is -0.443. The van der Waals surface area contributed by atoms with Gasteiger partial charge in [0.25, 0.3) is 5.91 Å². The molecule has 3 heterocycles. The Morgan fingerprint density at radius 2 is 1.93 bits per heavy atom. The molecule has 1 aliphatic heterocycles. The number of anilines is 2. The first kappa shape index (κ1) is 28.1. The fourth-order valence-corrected chi connectivity index (χ4v) is 6.10. The first-order valence-corrected chi connectivity index (χ1v) is 14.4. The third kappa shape index (κ3) is 6.18. The Morgan fingerprint density at radius 1 is 1.17 bits per heavy atom. The van der Waals surface area contributed by atoms with Crippen LogP contribution in [0.2, 0.25) is 0 Å². The topological polar surface area (TPSA) is 113 Å². The maximum Gasteiger partial charge on any atom is 0.331 e. The quantitative estimate of drug-likeness (QED) is 0.118. The van der Waals surface area contributed by atoms with Gasteiger partial charge >= 0.3 is 6.03 Å². The Kier molecular flexibility index (Phi) is 8.51. The summed E-state index contributed by atoms with van der Waals surface area (Å²) in [5.74, 6) is 0.646. The molecule has 210 valence electrons. The number of nitrogens with one attached hydrogen (secondary N) is 3. The van der Waals surface area contributed by atoms with Crippen molar-refractivity contribution >= 4 is 62.4 Å². The molecule has 0 spiro atoms. The number of thiophene rings is 1. The Morgan fingerprint density at radius 3 is 2.66 bits per heavy atom. The van der Waals surface area contributed by atoms with Gasteiger partial charge in [0.1, 0.15) is 21.2 Å². The molecule has 2 aromatic heterocycles. The Bertz CT molecular complexity index is 1580. The van der Waals surface area contributed by atoms with E-state index >= 15 is 0 Å². The number of hydrogen-bond acceptors (Lipinski definition) is 6. The molecule has 1 fully saturated rings. The van der Waals surface area contributed by atoms with Crippen molar-refractivity contribution < 1.29 is 19.1 Å². The molecule has 2 aliphatic rings. The third-order valence-electron chi connectivity index (χ3n) is 6.73. The molecule has 5 rings (SSSR count). The number of pyridine rings is 1. The maximum absolute atomic E-state index is 13.5. The number of ether oxygens (including phenoxy) is 1. The van der Waals surface area contributed by atoms with Crippen LogP contribution in [0.5, 0.6) is 5.75 Å². The predicted molar refractivity (Wildman–Crippen MR) is 163 cm³/mol. The van der Waals surface area contributed by atoms with Gasteiger partial charge in [0.2, 0.25) is 5.91 Å². The van der Waals surface area contributed by atoms with Gasteiger partial charge in [0.15, 0.2) is 0 Å². The molecule has 1 saturated carbocycles. The van der Waals surface area contributed by atoms with Crippen LogP contribution < -0.4 is 25.6 Å². The zero-order chi connectivity index (χ0) is 28.9. The van der Waals surface area contributed by atoms with E-state index in [0.717, 1.165) is 12.8 Å². The number of aromatic nitrogens is 1. The lowest BCUT2D eigenvalue weighted by Gasteiger charge is -2.29. The van der Waals surface area contributed by atoms with E-state index in [-0.39, 0.29) is 29.8 Å². The number of alkyl halides is 1. The zero-order valence-electron chi connectivity index (χ0n) is 22.1. The number of carbonyl (C=O) groups excluding carboxylic acids is 3. The van der Waals surface area contributed by atoms with Gasteiger partial charge in [0, 0.05) is 29.9 Å². The highest BCUT2D eigenvalue weighted by Crippen LogP contribution is 2.44. The number of amides is 4. The van der Waals surface area contributed by atoms with Crippen molar-refractivity contribution in [3.63, 3.8) is 0 Å². The predicted octanol–water partition coefficient (Wildman–Crippen LogP) is 5.87. The summed E-state index contributed by atoms with van der Waals surface area (Å²) >= 11 is 7.28. The van der Waals surface area contributed by atoms with Crippen molar-refractivity contribution in [3.8, 4) is 5.75 Å². The number of urea groups is 1. The van der Waals surface area contributed by atoms with E-state index in [2.05, 4.69) is 34.1 Å². The van der Waals surface area contributed by atoms with Crippen molar-refractivity contribution in [2.75, 3.05) is 16.1 Å². The minimum absolute atomic E-state index is 0.0255. The van der Waals surface area contributed by atoms with Crippen LogP contribution in [0, 0.1) is 0 Å². The molecule has 41 heavy (non-hydrogen) atoms. The summed E-state index contributed by atoms with van der Waals surface area (Å²) in [5.41, 5.74) is 1.50. The number of hydrogen-bond donors (Lipinski definition) is 3. The molecule has 1 aliphatic carbocycles. The van der Waals surface area contributed by atoms with E-state index in [1.165, 1.54) is 22.3 Å². The summed E-state index contributed by atoms with van der Waals surface area (Å²) in [5, 5.41) is 9.50. The molecule has 0 saturated heterocycles. The van der Waals surface area contributed by atoms with Gasteiger partial charge < -0.3 is 20.7 Å². The van der Waals surface area contributed by atoms with Gasteiger partial charge in [-0.15, -0.1) is 22.9 Å². The molecule has 9 nitrogen and oxygen atoms in total. The molecule has 3 N–H and O–H groups in total. The van der Waals surface area contributed by atoms with Crippen molar-refractivity contribution in [1.82, 2.24) is 15.6 Å². The van der Waals surface area contributed by atoms with Crippen molar-refractivity contribution in [3.05, 3.63) is 96.4 Å². The number of benzene rings is 1. The lowest BCUT2D eigenvalue weighted by molar-refractivity contribution is -0.117. The van der Waals surface area contributed by atoms with Crippen LogP contribution in [-0.2, 0) is 4.79 Å². The summed E-state index contributed by atoms with van der Waals surface area (Å²) in [6, 6.07) is 10.4. The van der Waals surface area contributed by atoms with Crippen LogP contribution in [0.25, 0.3) is 10.2 Å². The zero-order valence-corrected chi connectivity index (χ0v) is 23.6. The van der Waals surface area contributed by atoms with E-state index in [1.54, 1.807) is 30.5 Å². The van der Waals surface area contributed by atoms with E-state index in [9.17, 15) is 14.4 Å². The van der Waals surface area contributed by atoms with Crippen LogP contribution in [0.4, 0.5) is 16.2 Å². The lowest BCUT2D eigenvalue weighted by Crippen LogP contribution is -2.38. The monoisotopic (exact) mass is 589 g/mol. The van der Waals surface area contributed by atoms with Gasteiger partial charge in [-0.1, -0.05) is 31.4 Å². The summed E-state index contributed by atoms with van der Waals surface area (Å²) in [6.45, 7) is 7.42. The van der Waals surface area contributed by atoms with E-state index in [1.807, 2.05) is 30.3 Å². The summed E-state index contributed by atoms with van der Waals surface area (Å²) in [7, 11) is 0. The number of para-hydroxylation sites is 1. The Hall–Kier alpha value is -4.41. The molecule has 0 radical (unpaired) electrons. The average Bonchev–Trinajstić information content (AvgIpc) is 3.56. The smallest absolute Gasteiger partial charge is 0.331 e. The minimum Gasteiger partial charge on any atom is -0.458 e. The summed E-state index contributed by atoms with van der Waals surface area (Å²) < 4.78 is 5.75. The fraction of sp³-hybridized carbons (Fsp3) is 0.200. The highest BCUT2D eigenvalue weighted by molar-refractivity contribution is 7.21. The van der Waals surface area contributed by atoms with Crippen molar-refractivity contribution in [2.24, 2.45) is 0 Å². The molecular formula is C30H28ClN5O4S. The SMILES string of the molecule is C=CC(=O)N[C@@H]1CC[C@H](NC(=O)c2sc3nccc4c3c2NC(=O)N4C(/C=C\C(=C)Oc2ccccc2)=C/CCl)C1. The highest BCUT2D eigenvalue weighted by atomic mass is 35.5. The lowest BCUT2D eigenvalue weighted by atomic mass is 10.1. The molecule has 2 atom stereocenters. The summed E-state index contributed by atoms with van der Waals surface area (Å²) in [6.07, 6.45) is 10.0. The number of allylic oxidation sites excluding steroid dienone is 3. The highest BCUT2D eigenvalue weighted by Gasteiger charge is 2.34. The first-order valence-electron chi connectivity index (χ1n) is 13.0. The number of carbonyl (C=O) groups is 3. The normalized spacial score (nSPS) is 18.3. The van der Waals surface area contributed by atoms with Crippen LogP contribution in [-0.4, -0.2) is 40.8 Å². The van der Waals surface area contributed by atoms with Crippen LogP contribution in [0.3, 0.4) is 0 Å². The molecule has 0 bridgehead atoms. The molecule has 1 aromatic carbocycles. The fourth-order valence-electron chi connectivity index (χ4n) is 4.92. The van der Waals surface area contributed by atoms with Gasteiger partial charge in [-0.2, -0.15) is 0 Å². The molecule has 3 aromatic rings. The van der Waals surface area contributed by atoms with Gasteiger partial charge in [-0.3, -0.25) is 14.5 Å². The third-order valence-corrected chi connectivity index (χ3v) is 7.98. The second-order valence-electron chi connectivity index (χ2n) is 9.47. The Balaban J connectivity index is 1.38. The maximum atomic E-state index is 13.5. The standard InChI is InChI=1S/C30H28ClN5O4S/c1-3-24(37)33-19-10-11-20(17-19)34-28(38)27-26-25-23(14-16-32-29(25)41-27)36(30(39)35-26)21(13-15-31)12-9-18(2)40-22-7-5-4-6-8-22/h3-9,12-14,16,19-20H,1-2,10-11,15,17H2,(H,33,37)(H,34,38)(H,35,39)/b12-9-,21-13+/t19-,20+/m1/s1. The van der Waals surface area contributed by atoms with Gasteiger partial charge in [-0.25, -0.2) is 9.78 Å². The second kappa shape index (κ2) is 12.4. The van der Waals surface area contributed by atoms with Crippen LogP contribution >= 0.6 is 22.9 Å². The molecule has 4 amide bonds. The van der Waals surface area contributed by atoms with E-state index in [4.69, 9.17) is 16.3 Å². The number of nitrogens with zero attached hydrogens (tertiary/aromatic N) is 2. The van der Waals surface area contributed by atoms with Crippen molar-refractivity contribution in [1.29, 1.82) is 0 Å². The summed E-state index contributed by atoms with van der Waals surface area (Å²) in [4.78, 5) is 45.4. The van der Waals surface area contributed by atoms with Gasteiger partial charge in [0.05, 0.1) is 16.8 Å². The van der Waals surface area contributed by atoms with Crippen LogP contribution in [0.1, 0.15) is 28.9 Å². The average molecular weight is 590 g/mol. The Labute approximate surface area is 246 Å². The van der Waals surface area contributed by atoms with Crippen molar-refractivity contribution in [2.45, 2.75) is 31.3 Å². The van der Waals surface area contributed by atoms with Crippen LogP contribution in [0.15, 0.2) is 91.5 Å². The number of halogens is 1.